The summed E-state index contributed by atoms with van der Waals surface area (Å²) in [7, 11) is 0. The molecule has 0 radical (unpaired) electrons. The zero-order valence-corrected chi connectivity index (χ0v) is 6.51. The van der Waals surface area contributed by atoms with Crippen LogP contribution in [0.1, 0.15) is 0 Å². The van der Waals surface area contributed by atoms with E-state index in [2.05, 4.69) is 10.9 Å². The Kier molecular flexibility index (Phi) is 2.76. The summed E-state index contributed by atoms with van der Waals surface area (Å²) in [4.78, 5) is 3.80. The predicted octanol–water partition coefficient (Wildman–Crippen LogP) is 1.75. The van der Waals surface area contributed by atoms with E-state index in [9.17, 15) is 0 Å². The maximum absolute atomic E-state index is 5.54. The lowest BCUT2D eigenvalue weighted by Gasteiger charge is -1.99. The topological polar surface area (TPSA) is 22.1 Å². The average Bonchev–Trinajstić information content (AvgIpc) is 2.04. The third-order valence-electron chi connectivity index (χ3n) is 1.02. The van der Waals surface area contributed by atoms with Crippen LogP contribution >= 0.6 is 11.6 Å². The van der Waals surface area contributed by atoms with Gasteiger partial charge in [0.25, 0.3) is 0 Å². The van der Waals surface area contributed by atoms with Crippen molar-refractivity contribution in [3.05, 3.63) is 23.5 Å². The largest absolute Gasteiger partial charge is 0.479 e. The lowest BCUT2D eigenvalue weighted by molar-refractivity contribution is 0.369. The van der Waals surface area contributed by atoms with Crippen molar-refractivity contribution >= 4 is 11.6 Å². The third-order valence-corrected chi connectivity index (χ3v) is 1.25. The Bertz CT molecular complexity index is 262. The Labute approximate surface area is 70.2 Å². The molecule has 1 heterocycles. The summed E-state index contributed by atoms with van der Waals surface area (Å²) in [5, 5.41) is 0.443. The van der Waals surface area contributed by atoms with Crippen molar-refractivity contribution < 1.29 is 4.74 Å². The number of hydrogen-bond donors (Lipinski definition) is 0. The predicted molar refractivity (Wildman–Crippen MR) is 43.6 cm³/mol. The molecule has 56 valence electrons. The van der Waals surface area contributed by atoms with Crippen LogP contribution in [0, 0.1) is 12.3 Å². The normalized spacial score (nSPS) is 8.73. The van der Waals surface area contributed by atoms with Gasteiger partial charge in [0, 0.05) is 0 Å². The molecule has 0 fully saturated rings. The molecule has 3 heteroatoms. The Hall–Kier alpha value is -1.20. The van der Waals surface area contributed by atoms with Gasteiger partial charge < -0.3 is 4.74 Å². The van der Waals surface area contributed by atoms with Gasteiger partial charge in [-0.1, -0.05) is 17.5 Å². The fourth-order valence-corrected chi connectivity index (χ4v) is 0.684. The highest BCUT2D eigenvalue weighted by Crippen LogP contribution is 2.11. The van der Waals surface area contributed by atoms with Crippen LogP contribution in [0.2, 0.25) is 5.15 Å². The number of aromatic nitrogens is 1. The molecule has 1 aromatic heterocycles. The zero-order valence-electron chi connectivity index (χ0n) is 5.75. The third kappa shape index (κ3) is 2.48. The molecular formula is C8H6ClNO. The fraction of sp³-hybridized carbons (Fsp3) is 0.125. The number of nitrogens with zero attached hydrogens (tertiary/aromatic N) is 1. The molecule has 1 aromatic rings. The fourth-order valence-electron chi connectivity index (χ4n) is 0.573. The minimum Gasteiger partial charge on any atom is -0.479 e. The van der Waals surface area contributed by atoms with Crippen LogP contribution in [-0.2, 0) is 0 Å². The van der Waals surface area contributed by atoms with E-state index in [4.69, 9.17) is 22.8 Å². The van der Waals surface area contributed by atoms with Crippen LogP contribution in [0.5, 0.6) is 5.75 Å². The number of hydrogen-bond acceptors (Lipinski definition) is 2. The van der Waals surface area contributed by atoms with E-state index in [1.165, 1.54) is 6.20 Å². The molecule has 0 atom stereocenters. The van der Waals surface area contributed by atoms with Crippen molar-refractivity contribution in [1.29, 1.82) is 0 Å². The second kappa shape index (κ2) is 3.85. The van der Waals surface area contributed by atoms with Crippen molar-refractivity contribution in [1.82, 2.24) is 4.98 Å². The number of ether oxygens (including phenoxy) is 1. The molecule has 0 saturated carbocycles. The quantitative estimate of drug-likeness (QED) is 0.495. The molecule has 0 unspecified atom stereocenters. The van der Waals surface area contributed by atoms with Crippen molar-refractivity contribution in [3.8, 4) is 18.1 Å². The second-order valence-electron chi connectivity index (χ2n) is 1.81. The maximum atomic E-state index is 5.54. The summed E-state index contributed by atoms with van der Waals surface area (Å²) in [6.45, 7) is 0.253. The smallest absolute Gasteiger partial charge is 0.148 e. The minimum absolute atomic E-state index is 0.253. The van der Waals surface area contributed by atoms with E-state index in [1.807, 2.05) is 0 Å². The summed E-state index contributed by atoms with van der Waals surface area (Å²) < 4.78 is 5.05. The van der Waals surface area contributed by atoms with Crippen LogP contribution in [-0.4, -0.2) is 11.6 Å². The Morgan fingerprint density at radius 3 is 3.00 bits per heavy atom. The van der Waals surface area contributed by atoms with Gasteiger partial charge in [-0.05, 0) is 12.1 Å². The lowest BCUT2D eigenvalue weighted by Crippen LogP contribution is -1.93. The van der Waals surface area contributed by atoms with Crippen LogP contribution in [0.3, 0.4) is 0 Å². The molecule has 0 aliphatic heterocycles. The van der Waals surface area contributed by atoms with Crippen LogP contribution in [0.15, 0.2) is 18.3 Å². The molecule has 2 nitrogen and oxygen atoms in total. The highest BCUT2D eigenvalue weighted by atomic mass is 35.5. The number of halogens is 1. The average molecular weight is 168 g/mol. The summed E-state index contributed by atoms with van der Waals surface area (Å²) in [5.74, 6) is 2.98. The van der Waals surface area contributed by atoms with Gasteiger partial charge in [0.1, 0.15) is 17.5 Å². The highest BCUT2D eigenvalue weighted by molar-refractivity contribution is 6.29. The summed E-state index contributed by atoms with van der Waals surface area (Å²) in [6.07, 6.45) is 6.51. The van der Waals surface area contributed by atoms with Crippen molar-refractivity contribution in [2.24, 2.45) is 0 Å². The van der Waals surface area contributed by atoms with Gasteiger partial charge in [-0.2, -0.15) is 0 Å². The zero-order chi connectivity index (χ0) is 8.10. The van der Waals surface area contributed by atoms with Gasteiger partial charge in [-0.15, -0.1) is 6.42 Å². The van der Waals surface area contributed by atoms with Crippen molar-refractivity contribution in [3.63, 3.8) is 0 Å². The van der Waals surface area contributed by atoms with Crippen LogP contribution in [0.25, 0.3) is 0 Å². The monoisotopic (exact) mass is 167 g/mol. The van der Waals surface area contributed by atoms with Gasteiger partial charge in [0.2, 0.25) is 0 Å². The minimum atomic E-state index is 0.253. The summed E-state index contributed by atoms with van der Waals surface area (Å²) in [6, 6.07) is 3.36. The lowest BCUT2D eigenvalue weighted by atomic mass is 10.5. The number of rotatable bonds is 2. The Morgan fingerprint density at radius 1 is 1.64 bits per heavy atom. The van der Waals surface area contributed by atoms with Gasteiger partial charge in [-0.25, -0.2) is 4.98 Å². The SMILES string of the molecule is C#CCOc1ccc(Cl)nc1. The van der Waals surface area contributed by atoms with E-state index in [0.717, 1.165) is 0 Å². The highest BCUT2D eigenvalue weighted by Gasteiger charge is 1.91. The van der Waals surface area contributed by atoms with E-state index < -0.39 is 0 Å². The molecule has 0 aromatic carbocycles. The molecule has 0 N–H and O–H groups in total. The van der Waals surface area contributed by atoms with Crippen molar-refractivity contribution in [2.75, 3.05) is 6.61 Å². The summed E-state index contributed by atoms with van der Waals surface area (Å²) >= 11 is 5.54. The van der Waals surface area contributed by atoms with Crippen molar-refractivity contribution in [2.45, 2.75) is 0 Å². The van der Waals surface area contributed by atoms with Gasteiger partial charge >= 0.3 is 0 Å². The van der Waals surface area contributed by atoms with E-state index in [0.29, 0.717) is 10.9 Å². The Balaban J connectivity index is 2.60. The molecule has 11 heavy (non-hydrogen) atoms. The molecule has 0 aliphatic rings. The first kappa shape index (κ1) is 7.90. The first-order chi connectivity index (χ1) is 5.33. The number of terminal acetylenes is 1. The number of pyridine rings is 1. The maximum Gasteiger partial charge on any atom is 0.148 e. The molecular weight excluding hydrogens is 162 g/mol. The van der Waals surface area contributed by atoms with Gasteiger partial charge in [-0.3, -0.25) is 0 Å². The molecule has 0 aliphatic carbocycles. The summed E-state index contributed by atoms with van der Waals surface area (Å²) in [5.41, 5.74) is 0. The molecule has 0 amide bonds. The van der Waals surface area contributed by atoms with Crippen LogP contribution in [0.4, 0.5) is 0 Å². The van der Waals surface area contributed by atoms with Gasteiger partial charge in [0.15, 0.2) is 0 Å². The van der Waals surface area contributed by atoms with E-state index >= 15 is 0 Å². The Morgan fingerprint density at radius 2 is 2.45 bits per heavy atom. The van der Waals surface area contributed by atoms with Gasteiger partial charge in [0.05, 0.1) is 6.20 Å². The van der Waals surface area contributed by atoms with E-state index in [-0.39, 0.29) is 6.61 Å². The first-order valence-electron chi connectivity index (χ1n) is 3.01. The first-order valence-corrected chi connectivity index (χ1v) is 3.38. The standard InChI is InChI=1S/C8H6ClNO/c1-2-5-11-7-3-4-8(9)10-6-7/h1,3-4,6H,5H2. The molecule has 0 spiro atoms. The second-order valence-corrected chi connectivity index (χ2v) is 2.20. The van der Waals surface area contributed by atoms with Crippen LogP contribution < -0.4 is 4.74 Å². The van der Waals surface area contributed by atoms with E-state index in [1.54, 1.807) is 12.1 Å². The molecule has 1 rings (SSSR count). The molecule has 0 bridgehead atoms. The molecule has 0 saturated heterocycles.